The van der Waals surface area contributed by atoms with Crippen molar-refractivity contribution in [2.24, 2.45) is 0 Å². The first kappa shape index (κ1) is 18.4. The maximum absolute atomic E-state index is 12.4. The van der Waals surface area contributed by atoms with Crippen LogP contribution in [-0.4, -0.2) is 32.8 Å². The van der Waals surface area contributed by atoms with Crippen molar-refractivity contribution in [3.8, 4) is 0 Å². The van der Waals surface area contributed by atoms with E-state index in [-0.39, 0.29) is 18.1 Å². The number of hydrogen-bond acceptors (Lipinski definition) is 6. The number of anilines is 1. The molecule has 0 saturated heterocycles. The molecule has 1 aliphatic rings. The first-order valence-electron chi connectivity index (χ1n) is 8.73. The van der Waals surface area contributed by atoms with Gasteiger partial charge in [-0.1, -0.05) is 6.42 Å². The van der Waals surface area contributed by atoms with E-state index in [2.05, 4.69) is 10.4 Å². The maximum Gasteiger partial charge on any atom is 0.348 e. The van der Waals surface area contributed by atoms with Crippen LogP contribution in [0.25, 0.3) is 0 Å². The lowest BCUT2D eigenvalue weighted by Crippen LogP contribution is -2.30. The zero-order valence-corrected chi connectivity index (χ0v) is 15.7. The van der Waals surface area contributed by atoms with Crippen molar-refractivity contribution < 1.29 is 14.3 Å². The number of fused-ring (bicyclic) bond motifs is 1. The first-order valence-corrected chi connectivity index (χ1v) is 9.55. The molecule has 2 aromatic rings. The molecule has 0 spiro atoms. The van der Waals surface area contributed by atoms with Gasteiger partial charge in [-0.25, -0.2) is 14.3 Å². The van der Waals surface area contributed by atoms with Crippen molar-refractivity contribution in [2.75, 3.05) is 11.9 Å². The zero-order chi connectivity index (χ0) is 18.7. The fourth-order valence-corrected chi connectivity index (χ4v) is 3.97. The molecule has 3 heterocycles. The van der Waals surface area contributed by atoms with E-state index >= 15 is 0 Å². The van der Waals surface area contributed by atoms with Gasteiger partial charge in [-0.3, -0.25) is 9.36 Å². The fourth-order valence-electron chi connectivity index (χ4n) is 2.98. The SMILES string of the molecule is CCOC(=O)c1sc(NC(=O)Cn2nc3n(c2=O)CCCCC3)cc1C. The predicted molar refractivity (Wildman–Crippen MR) is 97.7 cm³/mol. The Bertz CT molecular complexity index is 880. The van der Waals surface area contributed by atoms with Crippen molar-refractivity contribution in [3.05, 3.63) is 32.8 Å². The average molecular weight is 378 g/mol. The van der Waals surface area contributed by atoms with Crippen LogP contribution in [0.5, 0.6) is 0 Å². The summed E-state index contributed by atoms with van der Waals surface area (Å²) in [5, 5.41) is 7.58. The van der Waals surface area contributed by atoms with Crippen LogP contribution in [0.4, 0.5) is 5.00 Å². The molecule has 1 aliphatic heterocycles. The normalized spacial score (nSPS) is 13.8. The van der Waals surface area contributed by atoms with Crippen LogP contribution in [0.2, 0.25) is 0 Å². The van der Waals surface area contributed by atoms with Crippen LogP contribution in [0.15, 0.2) is 10.9 Å². The molecule has 1 amide bonds. The molecule has 0 saturated carbocycles. The standard InChI is InChI=1S/C17H22N4O4S/c1-3-25-16(23)15-11(2)9-14(26-15)18-13(22)10-21-17(24)20-8-6-4-5-7-12(20)19-21/h9H,3-8,10H2,1-2H3,(H,18,22). The Hall–Kier alpha value is -2.42. The minimum atomic E-state index is -0.399. The Labute approximate surface area is 154 Å². The first-order chi connectivity index (χ1) is 12.5. The minimum absolute atomic E-state index is 0.148. The highest BCUT2D eigenvalue weighted by molar-refractivity contribution is 7.18. The van der Waals surface area contributed by atoms with Crippen molar-refractivity contribution in [3.63, 3.8) is 0 Å². The van der Waals surface area contributed by atoms with E-state index in [9.17, 15) is 14.4 Å². The van der Waals surface area contributed by atoms with Gasteiger partial charge in [0.15, 0.2) is 0 Å². The van der Waals surface area contributed by atoms with E-state index in [1.165, 1.54) is 4.68 Å². The number of aromatic nitrogens is 3. The van der Waals surface area contributed by atoms with Crippen LogP contribution in [0.3, 0.4) is 0 Å². The highest BCUT2D eigenvalue weighted by Crippen LogP contribution is 2.27. The summed E-state index contributed by atoms with van der Waals surface area (Å²) in [6.45, 7) is 4.34. The van der Waals surface area contributed by atoms with E-state index in [0.29, 0.717) is 23.0 Å². The zero-order valence-electron chi connectivity index (χ0n) is 14.9. The molecule has 9 heteroatoms. The van der Waals surface area contributed by atoms with Gasteiger partial charge in [0, 0.05) is 13.0 Å². The maximum atomic E-state index is 12.4. The van der Waals surface area contributed by atoms with Crippen molar-refractivity contribution in [1.29, 1.82) is 0 Å². The molecule has 0 aromatic carbocycles. The number of nitrogens with zero attached hydrogens (tertiary/aromatic N) is 3. The third-order valence-corrected chi connectivity index (χ3v) is 5.35. The molecule has 26 heavy (non-hydrogen) atoms. The topological polar surface area (TPSA) is 95.2 Å². The van der Waals surface area contributed by atoms with Crippen LogP contribution in [-0.2, 0) is 29.0 Å². The summed E-state index contributed by atoms with van der Waals surface area (Å²) in [6, 6.07) is 1.72. The number of carbonyl (C=O) groups excluding carboxylic acids is 2. The van der Waals surface area contributed by atoms with Gasteiger partial charge in [0.25, 0.3) is 0 Å². The number of carbonyl (C=O) groups is 2. The van der Waals surface area contributed by atoms with Gasteiger partial charge in [0.1, 0.15) is 17.2 Å². The monoisotopic (exact) mass is 378 g/mol. The Kier molecular flexibility index (Phi) is 5.55. The van der Waals surface area contributed by atoms with Gasteiger partial charge >= 0.3 is 11.7 Å². The van der Waals surface area contributed by atoms with Gasteiger partial charge in [0.05, 0.1) is 11.6 Å². The number of esters is 1. The number of rotatable bonds is 5. The Morgan fingerprint density at radius 2 is 2.15 bits per heavy atom. The Balaban J connectivity index is 1.69. The molecular formula is C17H22N4O4S. The number of amides is 1. The van der Waals surface area contributed by atoms with Gasteiger partial charge in [-0.05, 0) is 38.3 Å². The largest absolute Gasteiger partial charge is 0.462 e. The van der Waals surface area contributed by atoms with E-state index < -0.39 is 5.97 Å². The van der Waals surface area contributed by atoms with Crippen molar-refractivity contribution in [2.45, 2.75) is 52.6 Å². The summed E-state index contributed by atoms with van der Waals surface area (Å²) in [4.78, 5) is 37.0. The molecule has 2 aromatic heterocycles. The summed E-state index contributed by atoms with van der Waals surface area (Å²) >= 11 is 1.16. The second kappa shape index (κ2) is 7.86. The molecule has 0 bridgehead atoms. The molecule has 0 atom stereocenters. The second-order valence-electron chi connectivity index (χ2n) is 6.21. The van der Waals surface area contributed by atoms with Crippen molar-refractivity contribution in [1.82, 2.24) is 14.3 Å². The smallest absolute Gasteiger partial charge is 0.348 e. The van der Waals surface area contributed by atoms with Crippen molar-refractivity contribution >= 4 is 28.2 Å². The molecular weight excluding hydrogens is 356 g/mol. The molecule has 1 N–H and O–H groups in total. The molecule has 3 rings (SSSR count). The summed E-state index contributed by atoms with van der Waals surface area (Å²) in [5.41, 5.74) is 0.501. The van der Waals surface area contributed by atoms with Crippen LogP contribution in [0, 0.1) is 6.92 Å². The molecule has 0 unspecified atom stereocenters. The van der Waals surface area contributed by atoms with E-state index in [1.807, 2.05) is 0 Å². The lowest BCUT2D eigenvalue weighted by molar-refractivity contribution is -0.116. The fraction of sp³-hybridized carbons (Fsp3) is 0.529. The third kappa shape index (κ3) is 3.87. The molecule has 0 aliphatic carbocycles. The highest BCUT2D eigenvalue weighted by Gasteiger charge is 2.19. The molecule has 0 radical (unpaired) electrons. The van der Waals surface area contributed by atoms with E-state index in [4.69, 9.17) is 4.74 Å². The number of nitrogens with one attached hydrogen (secondary N) is 1. The Morgan fingerprint density at radius 3 is 2.92 bits per heavy atom. The number of thiophene rings is 1. The third-order valence-electron chi connectivity index (χ3n) is 4.22. The molecule has 8 nitrogen and oxygen atoms in total. The van der Waals surface area contributed by atoms with E-state index in [0.717, 1.165) is 48.4 Å². The van der Waals surface area contributed by atoms with Gasteiger partial charge in [-0.2, -0.15) is 5.10 Å². The number of hydrogen-bond donors (Lipinski definition) is 1. The van der Waals surface area contributed by atoms with Crippen LogP contribution >= 0.6 is 11.3 Å². The molecule has 0 fully saturated rings. The van der Waals surface area contributed by atoms with Crippen LogP contribution < -0.4 is 11.0 Å². The van der Waals surface area contributed by atoms with Gasteiger partial charge in [-0.15, -0.1) is 11.3 Å². The van der Waals surface area contributed by atoms with Crippen LogP contribution in [0.1, 0.15) is 47.2 Å². The highest BCUT2D eigenvalue weighted by atomic mass is 32.1. The summed E-state index contributed by atoms with van der Waals surface area (Å²) in [5.74, 6) is -0.00144. The lowest BCUT2D eigenvalue weighted by Gasteiger charge is -2.02. The Morgan fingerprint density at radius 1 is 1.35 bits per heavy atom. The second-order valence-corrected chi connectivity index (χ2v) is 7.26. The van der Waals surface area contributed by atoms with Gasteiger partial charge in [0.2, 0.25) is 5.91 Å². The summed E-state index contributed by atoms with van der Waals surface area (Å²) in [6.07, 6.45) is 3.81. The quantitative estimate of drug-likeness (QED) is 0.803. The summed E-state index contributed by atoms with van der Waals surface area (Å²) < 4.78 is 7.87. The van der Waals surface area contributed by atoms with E-state index in [1.54, 1.807) is 24.5 Å². The number of aryl methyl sites for hydroxylation is 2. The summed E-state index contributed by atoms with van der Waals surface area (Å²) in [7, 11) is 0. The molecule has 140 valence electrons. The number of ether oxygens (including phenoxy) is 1. The average Bonchev–Trinajstić information content (AvgIpc) is 2.98. The predicted octanol–water partition coefficient (Wildman–Crippen LogP) is 1.96. The van der Waals surface area contributed by atoms with Gasteiger partial charge < -0.3 is 10.1 Å². The lowest BCUT2D eigenvalue weighted by atomic mass is 10.2. The minimum Gasteiger partial charge on any atom is -0.462 e.